The van der Waals surface area contributed by atoms with Gasteiger partial charge in [-0.3, -0.25) is 4.79 Å². The summed E-state index contributed by atoms with van der Waals surface area (Å²) in [7, 11) is 3.78. The van der Waals surface area contributed by atoms with Gasteiger partial charge in [-0.15, -0.1) is 0 Å². The molecule has 0 aliphatic carbocycles. The van der Waals surface area contributed by atoms with E-state index < -0.39 is 0 Å². The van der Waals surface area contributed by atoms with Crippen LogP contribution in [-0.2, 0) is 0 Å². The maximum Gasteiger partial charge on any atom is 0.262 e. The highest BCUT2D eigenvalue weighted by Gasteiger charge is 2.20. The average molecular weight is 357 g/mol. The maximum absolute atomic E-state index is 12.9. The molecule has 0 radical (unpaired) electrons. The van der Waals surface area contributed by atoms with E-state index in [1.165, 1.54) is 0 Å². The van der Waals surface area contributed by atoms with Crippen molar-refractivity contribution in [2.75, 3.05) is 24.3 Å². The normalized spacial score (nSPS) is 10.7. The number of aromatic nitrogens is 3. The van der Waals surface area contributed by atoms with Crippen LogP contribution in [0.3, 0.4) is 0 Å². The van der Waals surface area contributed by atoms with Crippen LogP contribution in [0.15, 0.2) is 72.9 Å². The molecule has 6 heteroatoms. The Bertz CT molecular complexity index is 1100. The van der Waals surface area contributed by atoms with Crippen LogP contribution in [0.1, 0.15) is 10.4 Å². The lowest BCUT2D eigenvalue weighted by Crippen LogP contribution is -2.20. The van der Waals surface area contributed by atoms with E-state index >= 15 is 0 Å². The fourth-order valence-electron chi connectivity index (χ4n) is 3.01. The third kappa shape index (κ3) is 3.25. The molecule has 2 heterocycles. The number of rotatable bonds is 4. The molecule has 0 saturated carbocycles. The maximum atomic E-state index is 12.9. The van der Waals surface area contributed by atoms with Crippen LogP contribution in [0.5, 0.6) is 0 Å². The van der Waals surface area contributed by atoms with Crippen LogP contribution in [-0.4, -0.2) is 34.8 Å². The Morgan fingerprint density at radius 1 is 0.963 bits per heavy atom. The summed E-state index contributed by atoms with van der Waals surface area (Å²) >= 11 is 0. The predicted molar refractivity (Wildman–Crippen MR) is 108 cm³/mol. The van der Waals surface area contributed by atoms with Gasteiger partial charge >= 0.3 is 0 Å². The molecular formula is C21H19N5O. The van der Waals surface area contributed by atoms with Crippen LogP contribution >= 0.6 is 0 Å². The first kappa shape index (κ1) is 16.8. The van der Waals surface area contributed by atoms with Crippen molar-refractivity contribution >= 4 is 28.4 Å². The first-order chi connectivity index (χ1) is 13.1. The lowest BCUT2D eigenvalue weighted by atomic mass is 10.2. The number of carbonyl (C=O) groups excluding carboxylic acids is 1. The van der Waals surface area contributed by atoms with Crippen LogP contribution in [0.4, 0.5) is 11.6 Å². The molecule has 0 saturated heterocycles. The number of nitrogens with zero attached hydrogens (tertiary/aromatic N) is 4. The Kier molecular flexibility index (Phi) is 4.30. The van der Waals surface area contributed by atoms with Gasteiger partial charge in [-0.05, 0) is 30.3 Å². The van der Waals surface area contributed by atoms with E-state index in [-0.39, 0.29) is 5.91 Å². The van der Waals surface area contributed by atoms with Gasteiger partial charge < -0.3 is 10.2 Å². The smallest absolute Gasteiger partial charge is 0.262 e. The van der Waals surface area contributed by atoms with Gasteiger partial charge in [-0.25, -0.2) is 9.67 Å². The summed E-state index contributed by atoms with van der Waals surface area (Å²) in [4.78, 5) is 19.3. The molecule has 134 valence electrons. The summed E-state index contributed by atoms with van der Waals surface area (Å²) in [6.45, 7) is 0. The van der Waals surface area contributed by atoms with E-state index in [0.717, 1.165) is 16.6 Å². The van der Waals surface area contributed by atoms with E-state index in [2.05, 4.69) is 15.4 Å². The van der Waals surface area contributed by atoms with Gasteiger partial charge in [0, 0.05) is 19.5 Å². The summed E-state index contributed by atoms with van der Waals surface area (Å²) in [6, 6.07) is 21.3. The minimum Gasteiger partial charge on any atom is -0.362 e. The van der Waals surface area contributed by atoms with Gasteiger partial charge in [0.15, 0.2) is 0 Å². The zero-order chi connectivity index (χ0) is 18.8. The first-order valence-electron chi connectivity index (χ1n) is 8.61. The lowest BCUT2D eigenvalue weighted by molar-refractivity contribution is 0.102. The minimum absolute atomic E-state index is 0.247. The van der Waals surface area contributed by atoms with E-state index in [1.807, 2.05) is 79.7 Å². The SMILES string of the molecule is CN(C)c1c(C(=O)Nc2ccc3ccccc3n2)cnn1-c1ccccc1. The Morgan fingerprint density at radius 3 is 2.48 bits per heavy atom. The first-order valence-corrected chi connectivity index (χ1v) is 8.61. The van der Waals surface area contributed by atoms with Gasteiger partial charge in [0.2, 0.25) is 0 Å². The number of carbonyl (C=O) groups is 1. The molecule has 6 nitrogen and oxygen atoms in total. The van der Waals surface area contributed by atoms with Crippen molar-refractivity contribution in [2.24, 2.45) is 0 Å². The summed E-state index contributed by atoms with van der Waals surface area (Å²) in [6.07, 6.45) is 1.58. The Labute approximate surface area is 157 Å². The van der Waals surface area contributed by atoms with Gasteiger partial charge in [-0.2, -0.15) is 5.10 Å². The summed E-state index contributed by atoms with van der Waals surface area (Å²) in [5.41, 5.74) is 2.21. The van der Waals surface area contributed by atoms with Crippen LogP contribution in [0, 0.1) is 0 Å². The second-order valence-electron chi connectivity index (χ2n) is 6.37. The molecule has 2 aromatic carbocycles. The molecule has 4 rings (SSSR count). The van der Waals surface area contributed by atoms with Crippen molar-refractivity contribution in [2.45, 2.75) is 0 Å². The number of pyridine rings is 1. The fourth-order valence-corrected chi connectivity index (χ4v) is 3.01. The molecule has 1 amide bonds. The van der Waals surface area contributed by atoms with E-state index in [1.54, 1.807) is 16.9 Å². The third-order valence-corrected chi connectivity index (χ3v) is 4.25. The molecule has 2 aromatic heterocycles. The summed E-state index contributed by atoms with van der Waals surface area (Å²) in [5.74, 6) is 0.971. The van der Waals surface area contributed by atoms with Crippen LogP contribution in [0.2, 0.25) is 0 Å². The number of para-hydroxylation sites is 2. The number of amides is 1. The number of hydrogen-bond acceptors (Lipinski definition) is 4. The zero-order valence-electron chi connectivity index (χ0n) is 15.1. The van der Waals surface area contributed by atoms with Crippen LogP contribution in [0.25, 0.3) is 16.6 Å². The lowest BCUT2D eigenvalue weighted by Gasteiger charge is -2.17. The number of benzene rings is 2. The molecule has 0 unspecified atom stereocenters. The molecule has 0 atom stereocenters. The number of anilines is 2. The summed E-state index contributed by atoms with van der Waals surface area (Å²) in [5, 5.41) is 8.32. The molecule has 0 bridgehead atoms. The van der Waals surface area contributed by atoms with Crippen molar-refractivity contribution in [3.05, 3.63) is 78.5 Å². The second kappa shape index (κ2) is 6.92. The second-order valence-corrected chi connectivity index (χ2v) is 6.37. The van der Waals surface area contributed by atoms with Gasteiger partial charge in [-0.1, -0.05) is 36.4 Å². The molecule has 27 heavy (non-hydrogen) atoms. The molecule has 0 spiro atoms. The Hall–Kier alpha value is -3.67. The highest BCUT2D eigenvalue weighted by molar-refractivity contribution is 6.07. The molecule has 1 N–H and O–H groups in total. The topological polar surface area (TPSA) is 63.1 Å². The van der Waals surface area contributed by atoms with Crippen LogP contribution < -0.4 is 10.2 Å². The largest absolute Gasteiger partial charge is 0.362 e. The van der Waals surface area contributed by atoms with Crippen molar-refractivity contribution in [3.63, 3.8) is 0 Å². The molecule has 4 aromatic rings. The average Bonchev–Trinajstić information content (AvgIpc) is 3.14. The predicted octanol–water partition coefficient (Wildman–Crippen LogP) is 3.74. The standard InChI is InChI=1S/C21H19N5O/c1-25(2)21-17(14-22-26(21)16-9-4-3-5-10-16)20(27)24-19-13-12-15-8-6-7-11-18(15)23-19/h3-14H,1-2H3,(H,23,24,27). The number of nitrogens with one attached hydrogen (secondary N) is 1. The highest BCUT2D eigenvalue weighted by atomic mass is 16.1. The van der Waals surface area contributed by atoms with Gasteiger partial charge in [0.1, 0.15) is 17.2 Å². The molecular weight excluding hydrogens is 338 g/mol. The Balaban J connectivity index is 1.68. The molecule has 0 fully saturated rings. The van der Waals surface area contributed by atoms with Gasteiger partial charge in [0.25, 0.3) is 5.91 Å². The van der Waals surface area contributed by atoms with Crippen molar-refractivity contribution in [1.29, 1.82) is 0 Å². The van der Waals surface area contributed by atoms with Crippen molar-refractivity contribution in [1.82, 2.24) is 14.8 Å². The van der Waals surface area contributed by atoms with Gasteiger partial charge in [0.05, 0.1) is 17.4 Å². The Morgan fingerprint density at radius 2 is 1.70 bits per heavy atom. The third-order valence-electron chi connectivity index (χ3n) is 4.25. The number of fused-ring (bicyclic) bond motifs is 1. The minimum atomic E-state index is -0.247. The van der Waals surface area contributed by atoms with E-state index in [0.29, 0.717) is 17.2 Å². The quantitative estimate of drug-likeness (QED) is 0.604. The monoisotopic (exact) mass is 357 g/mol. The van der Waals surface area contributed by atoms with Crippen molar-refractivity contribution in [3.8, 4) is 5.69 Å². The van der Waals surface area contributed by atoms with Crippen molar-refractivity contribution < 1.29 is 4.79 Å². The summed E-state index contributed by atoms with van der Waals surface area (Å²) < 4.78 is 1.75. The molecule has 0 aliphatic rings. The van der Waals surface area contributed by atoms with E-state index in [4.69, 9.17) is 0 Å². The van der Waals surface area contributed by atoms with E-state index in [9.17, 15) is 4.79 Å². The molecule has 0 aliphatic heterocycles. The zero-order valence-corrected chi connectivity index (χ0v) is 15.1. The number of hydrogen-bond donors (Lipinski definition) is 1. The fraction of sp³-hybridized carbons (Fsp3) is 0.0952. The highest BCUT2D eigenvalue weighted by Crippen LogP contribution is 2.24.